The Labute approximate surface area is 102 Å². The second-order valence-electron chi connectivity index (χ2n) is 6.59. The van der Waals surface area contributed by atoms with Crippen molar-refractivity contribution in [3.8, 4) is 0 Å². The molecule has 3 nitrogen and oxygen atoms in total. The summed E-state index contributed by atoms with van der Waals surface area (Å²) in [6.07, 6.45) is 4.57. The third kappa shape index (κ3) is 1.28. The van der Waals surface area contributed by atoms with E-state index in [2.05, 4.69) is 13.8 Å². The van der Waals surface area contributed by atoms with Gasteiger partial charge in [0.1, 0.15) is 12.4 Å². The molecule has 3 atom stereocenters. The van der Waals surface area contributed by atoms with Crippen molar-refractivity contribution in [3.05, 3.63) is 0 Å². The first-order chi connectivity index (χ1) is 7.98. The summed E-state index contributed by atoms with van der Waals surface area (Å²) < 4.78 is 5.26. The number of hydrogen-bond donors (Lipinski definition) is 0. The summed E-state index contributed by atoms with van der Waals surface area (Å²) >= 11 is 0. The van der Waals surface area contributed by atoms with Crippen LogP contribution in [0.1, 0.15) is 46.0 Å². The van der Waals surface area contributed by atoms with Gasteiger partial charge in [-0.3, -0.25) is 9.59 Å². The molecule has 0 aromatic carbocycles. The van der Waals surface area contributed by atoms with Gasteiger partial charge in [0.2, 0.25) is 0 Å². The highest BCUT2D eigenvalue weighted by Gasteiger charge is 2.65. The van der Waals surface area contributed by atoms with Gasteiger partial charge in [0.15, 0.2) is 0 Å². The van der Waals surface area contributed by atoms with Crippen molar-refractivity contribution in [1.82, 2.24) is 0 Å². The monoisotopic (exact) mass is 236 g/mol. The summed E-state index contributed by atoms with van der Waals surface area (Å²) in [6.45, 7) is 4.83. The lowest BCUT2D eigenvalue weighted by Crippen LogP contribution is -2.54. The van der Waals surface area contributed by atoms with Crippen LogP contribution in [-0.2, 0) is 14.3 Å². The van der Waals surface area contributed by atoms with Gasteiger partial charge in [-0.15, -0.1) is 0 Å². The molecule has 1 spiro atoms. The van der Waals surface area contributed by atoms with Gasteiger partial charge < -0.3 is 4.74 Å². The third-order valence-corrected chi connectivity index (χ3v) is 5.43. The molecule has 2 aliphatic carbocycles. The second-order valence-corrected chi connectivity index (χ2v) is 6.59. The van der Waals surface area contributed by atoms with E-state index in [4.69, 9.17) is 4.74 Å². The predicted molar refractivity (Wildman–Crippen MR) is 62.2 cm³/mol. The SMILES string of the molecule is CC1(C)CCC[C@]23C(=O)OCC2C(=O)CCC13. The van der Waals surface area contributed by atoms with Crippen molar-refractivity contribution in [2.24, 2.45) is 22.7 Å². The lowest BCUT2D eigenvalue weighted by molar-refractivity contribution is -0.162. The molecule has 2 saturated carbocycles. The Morgan fingerprint density at radius 3 is 2.76 bits per heavy atom. The highest BCUT2D eigenvalue weighted by Crippen LogP contribution is 2.61. The molecule has 0 aromatic rings. The molecule has 94 valence electrons. The van der Waals surface area contributed by atoms with Crippen LogP contribution in [0.3, 0.4) is 0 Å². The standard InChI is InChI=1S/C14H20O3/c1-13(2)6-3-7-14-9(8-17-12(14)16)10(15)4-5-11(13)14/h9,11H,3-8H2,1-2H3/t9?,11?,14-/m0/s1. The van der Waals surface area contributed by atoms with Crippen molar-refractivity contribution < 1.29 is 14.3 Å². The molecule has 0 amide bonds. The average Bonchev–Trinajstić information content (AvgIpc) is 2.57. The molecule has 1 heterocycles. The van der Waals surface area contributed by atoms with Crippen LogP contribution in [0.15, 0.2) is 0 Å². The van der Waals surface area contributed by atoms with E-state index in [-0.39, 0.29) is 23.1 Å². The molecule has 0 aromatic heterocycles. The van der Waals surface area contributed by atoms with E-state index < -0.39 is 5.41 Å². The molecule has 0 bridgehead atoms. The summed E-state index contributed by atoms with van der Waals surface area (Å²) in [5, 5.41) is 0. The van der Waals surface area contributed by atoms with Crippen LogP contribution in [0.4, 0.5) is 0 Å². The molecule has 3 fully saturated rings. The van der Waals surface area contributed by atoms with E-state index in [9.17, 15) is 9.59 Å². The zero-order valence-electron chi connectivity index (χ0n) is 10.6. The molecular weight excluding hydrogens is 216 g/mol. The van der Waals surface area contributed by atoms with Gasteiger partial charge in [-0.05, 0) is 30.6 Å². The van der Waals surface area contributed by atoms with Gasteiger partial charge in [0.05, 0.1) is 11.3 Å². The summed E-state index contributed by atoms with van der Waals surface area (Å²) in [5.74, 6) is 0.355. The minimum Gasteiger partial charge on any atom is -0.464 e. The lowest BCUT2D eigenvalue weighted by atomic mass is 9.48. The van der Waals surface area contributed by atoms with Crippen molar-refractivity contribution in [1.29, 1.82) is 0 Å². The molecule has 2 unspecified atom stereocenters. The van der Waals surface area contributed by atoms with Gasteiger partial charge >= 0.3 is 5.97 Å². The van der Waals surface area contributed by atoms with Gasteiger partial charge in [-0.25, -0.2) is 0 Å². The van der Waals surface area contributed by atoms with E-state index >= 15 is 0 Å². The Balaban J connectivity index is 2.09. The number of ketones is 1. The molecule has 3 aliphatic rings. The van der Waals surface area contributed by atoms with Crippen LogP contribution in [-0.4, -0.2) is 18.4 Å². The first-order valence-electron chi connectivity index (χ1n) is 6.68. The summed E-state index contributed by atoms with van der Waals surface area (Å²) in [4.78, 5) is 24.3. The van der Waals surface area contributed by atoms with E-state index in [0.717, 1.165) is 25.7 Å². The number of Topliss-reactive ketones (excluding diaryl/α,β-unsaturated/α-hetero) is 1. The fraction of sp³-hybridized carbons (Fsp3) is 0.857. The Bertz CT molecular complexity index is 385. The van der Waals surface area contributed by atoms with Crippen molar-refractivity contribution in [2.75, 3.05) is 6.61 Å². The Morgan fingerprint density at radius 1 is 1.24 bits per heavy atom. The summed E-state index contributed by atoms with van der Waals surface area (Å²) in [6, 6.07) is 0. The molecule has 3 heteroatoms. The zero-order valence-corrected chi connectivity index (χ0v) is 10.6. The molecule has 1 aliphatic heterocycles. The Hall–Kier alpha value is -0.860. The molecule has 0 N–H and O–H groups in total. The maximum absolute atomic E-state index is 12.2. The van der Waals surface area contributed by atoms with E-state index in [1.54, 1.807) is 0 Å². The molecule has 0 radical (unpaired) electrons. The van der Waals surface area contributed by atoms with Crippen LogP contribution in [0.2, 0.25) is 0 Å². The van der Waals surface area contributed by atoms with E-state index in [1.807, 2.05) is 0 Å². The number of ether oxygens (including phenoxy) is 1. The molecule has 3 rings (SSSR count). The van der Waals surface area contributed by atoms with Gasteiger partial charge in [0, 0.05) is 6.42 Å². The fourth-order valence-electron chi connectivity index (χ4n) is 4.62. The van der Waals surface area contributed by atoms with Gasteiger partial charge in [-0.1, -0.05) is 20.3 Å². The second kappa shape index (κ2) is 3.33. The Kier molecular flexibility index (Phi) is 2.20. The van der Waals surface area contributed by atoms with Crippen molar-refractivity contribution in [3.63, 3.8) is 0 Å². The lowest BCUT2D eigenvalue weighted by Gasteiger charge is -2.52. The quantitative estimate of drug-likeness (QED) is 0.606. The highest BCUT2D eigenvalue weighted by molar-refractivity contribution is 5.93. The minimum atomic E-state index is -0.461. The normalized spacial score (nSPS) is 43.9. The number of cyclic esters (lactones) is 1. The number of esters is 1. The Morgan fingerprint density at radius 2 is 2.00 bits per heavy atom. The first kappa shape index (κ1) is 11.2. The third-order valence-electron chi connectivity index (χ3n) is 5.43. The summed E-state index contributed by atoms with van der Waals surface area (Å²) in [7, 11) is 0. The van der Waals surface area contributed by atoms with Crippen LogP contribution < -0.4 is 0 Å². The smallest absolute Gasteiger partial charge is 0.313 e. The zero-order chi connectivity index (χ0) is 12.3. The van der Waals surface area contributed by atoms with Crippen LogP contribution >= 0.6 is 0 Å². The van der Waals surface area contributed by atoms with Crippen molar-refractivity contribution >= 4 is 11.8 Å². The topological polar surface area (TPSA) is 43.4 Å². The van der Waals surface area contributed by atoms with Gasteiger partial charge in [0.25, 0.3) is 0 Å². The van der Waals surface area contributed by atoms with Crippen LogP contribution in [0.25, 0.3) is 0 Å². The first-order valence-corrected chi connectivity index (χ1v) is 6.68. The maximum atomic E-state index is 12.2. The minimum absolute atomic E-state index is 0.0895. The van der Waals surface area contributed by atoms with E-state index in [0.29, 0.717) is 18.9 Å². The highest BCUT2D eigenvalue weighted by atomic mass is 16.5. The van der Waals surface area contributed by atoms with Gasteiger partial charge in [-0.2, -0.15) is 0 Å². The molecule has 1 saturated heterocycles. The number of rotatable bonds is 0. The van der Waals surface area contributed by atoms with Crippen LogP contribution in [0.5, 0.6) is 0 Å². The number of hydrogen-bond acceptors (Lipinski definition) is 3. The largest absolute Gasteiger partial charge is 0.464 e. The summed E-state index contributed by atoms with van der Waals surface area (Å²) in [5.41, 5.74) is -0.294. The molecular formula is C14H20O3. The molecule has 17 heavy (non-hydrogen) atoms. The predicted octanol–water partition coefficient (Wildman–Crippen LogP) is 2.33. The number of carbonyl (C=O) groups excluding carboxylic acids is 2. The fourth-order valence-corrected chi connectivity index (χ4v) is 4.62. The van der Waals surface area contributed by atoms with Crippen LogP contribution in [0, 0.1) is 22.7 Å². The van der Waals surface area contributed by atoms with E-state index in [1.165, 1.54) is 0 Å². The maximum Gasteiger partial charge on any atom is 0.313 e. The average molecular weight is 236 g/mol. The number of carbonyl (C=O) groups is 2. The van der Waals surface area contributed by atoms with Crippen molar-refractivity contribution in [2.45, 2.75) is 46.0 Å².